The Bertz CT molecular complexity index is 866. The Labute approximate surface area is 198 Å². The van der Waals surface area contributed by atoms with E-state index in [1.807, 2.05) is 25.1 Å². The van der Waals surface area contributed by atoms with Gasteiger partial charge in [0.2, 0.25) is 5.91 Å². The van der Waals surface area contributed by atoms with Crippen LogP contribution in [0.1, 0.15) is 30.9 Å². The molecule has 1 saturated heterocycles. The Balaban J connectivity index is 1.37. The van der Waals surface area contributed by atoms with Gasteiger partial charge in [-0.25, -0.2) is 0 Å². The smallest absolute Gasteiger partial charge is 0.237 e. The molecule has 0 aromatic heterocycles. The highest BCUT2D eigenvalue weighted by molar-refractivity contribution is 5.81. The molecule has 1 amide bonds. The summed E-state index contributed by atoms with van der Waals surface area (Å²) in [6.07, 6.45) is 3.04. The summed E-state index contributed by atoms with van der Waals surface area (Å²) in [6, 6.07) is 16.4. The van der Waals surface area contributed by atoms with Crippen LogP contribution >= 0.6 is 0 Å². The molecule has 3 rings (SSSR count). The molecule has 2 aromatic rings. The summed E-state index contributed by atoms with van der Waals surface area (Å²) in [5.41, 5.74) is 2.47. The number of methoxy groups -OCH3 is 2. The molecule has 0 radical (unpaired) electrons. The van der Waals surface area contributed by atoms with Gasteiger partial charge in [0.05, 0.1) is 20.3 Å². The van der Waals surface area contributed by atoms with E-state index in [1.54, 1.807) is 14.2 Å². The molecule has 1 atom stereocenters. The third-order valence-corrected chi connectivity index (χ3v) is 6.60. The van der Waals surface area contributed by atoms with Crippen LogP contribution in [0.4, 0.5) is 0 Å². The lowest BCUT2D eigenvalue weighted by molar-refractivity contribution is -0.126. The van der Waals surface area contributed by atoms with Crippen LogP contribution in [0.5, 0.6) is 11.5 Å². The Kier molecular flexibility index (Phi) is 9.58. The molecule has 1 fully saturated rings. The van der Waals surface area contributed by atoms with E-state index in [1.165, 1.54) is 5.56 Å². The zero-order chi connectivity index (χ0) is 23.6. The minimum atomic E-state index is -0.0987. The molecule has 0 spiro atoms. The molecular formula is C27H39N3O3. The Morgan fingerprint density at radius 3 is 2.42 bits per heavy atom. The number of nitrogens with one attached hydrogen (secondary N) is 1. The molecule has 1 aliphatic heterocycles. The van der Waals surface area contributed by atoms with E-state index >= 15 is 0 Å². The van der Waals surface area contributed by atoms with Crippen molar-refractivity contribution < 1.29 is 14.3 Å². The van der Waals surface area contributed by atoms with Crippen LogP contribution in [0.15, 0.2) is 48.5 Å². The second-order valence-corrected chi connectivity index (χ2v) is 9.07. The molecule has 1 heterocycles. The van der Waals surface area contributed by atoms with Crippen LogP contribution in [0, 0.1) is 5.92 Å². The van der Waals surface area contributed by atoms with Gasteiger partial charge < -0.3 is 19.7 Å². The van der Waals surface area contributed by atoms with Gasteiger partial charge >= 0.3 is 0 Å². The molecule has 6 nitrogen and oxygen atoms in total. The van der Waals surface area contributed by atoms with Gasteiger partial charge in [0.15, 0.2) is 11.5 Å². The number of benzene rings is 2. The number of carbonyl (C=O) groups excluding carboxylic acids is 1. The number of hydrogen-bond acceptors (Lipinski definition) is 5. The maximum absolute atomic E-state index is 12.7. The van der Waals surface area contributed by atoms with Crippen LogP contribution in [-0.4, -0.2) is 69.2 Å². The highest BCUT2D eigenvalue weighted by Crippen LogP contribution is 2.27. The van der Waals surface area contributed by atoms with E-state index in [0.717, 1.165) is 51.0 Å². The zero-order valence-corrected chi connectivity index (χ0v) is 20.5. The molecule has 1 N–H and O–H groups in total. The average molecular weight is 454 g/mol. The third-order valence-electron chi connectivity index (χ3n) is 6.60. The van der Waals surface area contributed by atoms with Crippen molar-refractivity contribution in [1.29, 1.82) is 0 Å². The Hall–Kier alpha value is -2.57. The summed E-state index contributed by atoms with van der Waals surface area (Å²) in [4.78, 5) is 17.4. The van der Waals surface area contributed by atoms with E-state index in [-0.39, 0.29) is 11.9 Å². The molecule has 180 valence electrons. The van der Waals surface area contributed by atoms with E-state index < -0.39 is 0 Å². The second-order valence-electron chi connectivity index (χ2n) is 9.07. The maximum atomic E-state index is 12.7. The van der Waals surface area contributed by atoms with Crippen LogP contribution in [0.2, 0.25) is 0 Å². The quantitative estimate of drug-likeness (QED) is 0.564. The van der Waals surface area contributed by atoms with Crippen molar-refractivity contribution in [3.05, 3.63) is 59.7 Å². The Morgan fingerprint density at radius 1 is 1.06 bits per heavy atom. The van der Waals surface area contributed by atoms with E-state index in [9.17, 15) is 4.79 Å². The second kappa shape index (κ2) is 12.6. The van der Waals surface area contributed by atoms with Crippen molar-refractivity contribution in [2.45, 2.75) is 38.8 Å². The minimum absolute atomic E-state index is 0.0987. The topological polar surface area (TPSA) is 54.0 Å². The molecule has 6 heteroatoms. The summed E-state index contributed by atoms with van der Waals surface area (Å²) in [7, 11) is 5.47. The largest absolute Gasteiger partial charge is 0.493 e. The number of carbonyl (C=O) groups is 1. The molecule has 33 heavy (non-hydrogen) atoms. The van der Waals surface area contributed by atoms with Crippen molar-refractivity contribution in [1.82, 2.24) is 15.1 Å². The number of hydrogen-bond donors (Lipinski definition) is 1. The number of likely N-dealkylation sites (tertiary alicyclic amines) is 1. The number of amides is 1. The van der Waals surface area contributed by atoms with E-state index in [4.69, 9.17) is 9.47 Å². The SMILES string of the molecule is COc1ccc(CCNC(=O)C(C)N2CCC(CN(C)Cc3ccccc3)CC2)cc1OC. The van der Waals surface area contributed by atoms with Crippen molar-refractivity contribution in [3.63, 3.8) is 0 Å². The molecule has 1 aliphatic rings. The highest BCUT2D eigenvalue weighted by Gasteiger charge is 2.27. The van der Waals surface area contributed by atoms with Crippen LogP contribution < -0.4 is 14.8 Å². The number of rotatable bonds is 11. The third kappa shape index (κ3) is 7.47. The van der Waals surface area contributed by atoms with Crippen molar-refractivity contribution in [2.75, 3.05) is 47.4 Å². The summed E-state index contributed by atoms with van der Waals surface area (Å²) < 4.78 is 10.6. The molecule has 1 unspecified atom stereocenters. The molecule has 0 bridgehead atoms. The highest BCUT2D eigenvalue weighted by atomic mass is 16.5. The van der Waals surface area contributed by atoms with Gasteiger partial charge in [0.25, 0.3) is 0 Å². The van der Waals surface area contributed by atoms with Crippen molar-refractivity contribution >= 4 is 5.91 Å². The summed E-state index contributed by atoms with van der Waals surface area (Å²) in [6.45, 7) is 6.68. The monoisotopic (exact) mass is 453 g/mol. The number of nitrogens with zero attached hydrogens (tertiary/aromatic N) is 2. The molecule has 0 aliphatic carbocycles. The predicted octanol–water partition coefficient (Wildman–Crippen LogP) is 3.60. The van der Waals surface area contributed by atoms with Gasteiger partial charge in [-0.15, -0.1) is 0 Å². The molecule has 2 aromatic carbocycles. The van der Waals surface area contributed by atoms with Gasteiger partial charge in [0.1, 0.15) is 0 Å². The minimum Gasteiger partial charge on any atom is -0.493 e. The van der Waals surface area contributed by atoms with E-state index in [2.05, 4.69) is 52.5 Å². The lowest BCUT2D eigenvalue weighted by Gasteiger charge is -2.36. The fraction of sp³-hybridized carbons (Fsp3) is 0.519. The molecule has 0 saturated carbocycles. The summed E-state index contributed by atoms with van der Waals surface area (Å²) in [5.74, 6) is 2.23. The van der Waals surface area contributed by atoms with Crippen molar-refractivity contribution in [2.24, 2.45) is 5.92 Å². The van der Waals surface area contributed by atoms with Crippen LogP contribution in [0.25, 0.3) is 0 Å². The van der Waals surface area contributed by atoms with Crippen LogP contribution in [0.3, 0.4) is 0 Å². The van der Waals surface area contributed by atoms with Gasteiger partial charge in [-0.05, 0) is 75.5 Å². The average Bonchev–Trinajstić information content (AvgIpc) is 2.84. The lowest BCUT2D eigenvalue weighted by Crippen LogP contribution is -2.49. The lowest BCUT2D eigenvalue weighted by atomic mass is 9.95. The van der Waals surface area contributed by atoms with Gasteiger partial charge in [-0.2, -0.15) is 0 Å². The fourth-order valence-electron chi connectivity index (χ4n) is 4.60. The van der Waals surface area contributed by atoms with Gasteiger partial charge in [-0.3, -0.25) is 9.69 Å². The van der Waals surface area contributed by atoms with Gasteiger partial charge in [-0.1, -0.05) is 36.4 Å². The summed E-state index contributed by atoms with van der Waals surface area (Å²) >= 11 is 0. The normalized spacial score (nSPS) is 15.9. The first-order valence-electron chi connectivity index (χ1n) is 11.9. The van der Waals surface area contributed by atoms with Crippen LogP contribution in [-0.2, 0) is 17.8 Å². The first-order valence-corrected chi connectivity index (χ1v) is 11.9. The standard InChI is InChI=1S/C27H39N3O3/c1-21(27(31)28-15-12-22-10-11-25(32-3)26(18-22)33-4)30-16-13-24(14-17-30)20-29(2)19-23-8-6-5-7-9-23/h5-11,18,21,24H,12-17,19-20H2,1-4H3,(H,28,31). The van der Waals surface area contributed by atoms with Crippen molar-refractivity contribution in [3.8, 4) is 11.5 Å². The number of ether oxygens (including phenoxy) is 2. The fourth-order valence-corrected chi connectivity index (χ4v) is 4.60. The van der Waals surface area contributed by atoms with E-state index in [0.29, 0.717) is 24.0 Å². The summed E-state index contributed by atoms with van der Waals surface area (Å²) in [5, 5.41) is 3.10. The predicted molar refractivity (Wildman–Crippen MR) is 133 cm³/mol. The number of piperidine rings is 1. The first-order chi connectivity index (χ1) is 16.0. The molecular weight excluding hydrogens is 414 g/mol. The first kappa shape index (κ1) is 25.1. The zero-order valence-electron chi connectivity index (χ0n) is 20.5. The van der Waals surface area contributed by atoms with Gasteiger partial charge in [0, 0.05) is 19.6 Å². The maximum Gasteiger partial charge on any atom is 0.237 e. The Morgan fingerprint density at radius 2 is 1.76 bits per heavy atom.